The molecule has 23 heavy (non-hydrogen) atoms. The first-order valence-electron chi connectivity index (χ1n) is 6.48. The van der Waals surface area contributed by atoms with Gasteiger partial charge in [0.1, 0.15) is 0 Å². The van der Waals surface area contributed by atoms with E-state index in [4.69, 9.17) is 11.6 Å². The van der Waals surface area contributed by atoms with Crippen LogP contribution in [0.25, 0.3) is 16.6 Å². The molecule has 0 radical (unpaired) electrons. The first-order valence-corrected chi connectivity index (χ1v) is 6.86. The highest BCUT2D eigenvalue weighted by molar-refractivity contribution is 6.30. The van der Waals surface area contributed by atoms with E-state index in [1.165, 1.54) is 10.7 Å². The van der Waals surface area contributed by atoms with Gasteiger partial charge >= 0.3 is 5.97 Å². The van der Waals surface area contributed by atoms with E-state index in [1.807, 2.05) is 6.07 Å². The van der Waals surface area contributed by atoms with Crippen molar-refractivity contribution in [2.24, 2.45) is 0 Å². The molecule has 1 heterocycles. The summed E-state index contributed by atoms with van der Waals surface area (Å²) >= 11 is 5.86. The maximum Gasteiger partial charge on any atom is 0.360 e. The molecule has 0 amide bonds. The molecule has 0 aliphatic heterocycles. The third kappa shape index (κ3) is 2.43. The van der Waals surface area contributed by atoms with Gasteiger partial charge in [-0.2, -0.15) is 10.4 Å². The maximum atomic E-state index is 12.4. The van der Waals surface area contributed by atoms with Gasteiger partial charge in [-0.15, -0.1) is 0 Å². The van der Waals surface area contributed by atoms with Crippen LogP contribution in [-0.4, -0.2) is 20.9 Å². The molecule has 6 nitrogen and oxygen atoms in total. The predicted molar refractivity (Wildman–Crippen MR) is 84.0 cm³/mol. The lowest BCUT2D eigenvalue weighted by atomic mass is 10.1. The van der Waals surface area contributed by atoms with Crippen LogP contribution in [0.3, 0.4) is 0 Å². The van der Waals surface area contributed by atoms with Crippen molar-refractivity contribution in [3.05, 3.63) is 69.0 Å². The number of carboxylic acid groups (broad SMARTS) is 1. The average molecular weight is 326 g/mol. The van der Waals surface area contributed by atoms with Crippen molar-refractivity contribution in [3.8, 4) is 11.8 Å². The number of rotatable bonds is 2. The number of carbonyl (C=O) groups is 1. The Bertz CT molecular complexity index is 1030. The fourth-order valence-electron chi connectivity index (χ4n) is 2.29. The van der Waals surface area contributed by atoms with Crippen molar-refractivity contribution >= 4 is 28.5 Å². The third-order valence-corrected chi connectivity index (χ3v) is 3.56. The monoisotopic (exact) mass is 325 g/mol. The van der Waals surface area contributed by atoms with Crippen molar-refractivity contribution in [3.63, 3.8) is 0 Å². The second kappa shape index (κ2) is 5.55. The SMILES string of the molecule is N#Cc1cccc2c1c(=O)c(C(=O)O)nn2-c1ccc(Cl)cc1. The first-order chi connectivity index (χ1) is 11.0. The number of nitriles is 1. The number of aromatic carboxylic acids is 1. The van der Waals surface area contributed by atoms with Crippen molar-refractivity contribution < 1.29 is 9.90 Å². The number of hydrogen-bond donors (Lipinski definition) is 1. The molecule has 1 N–H and O–H groups in total. The number of nitrogens with zero attached hydrogens (tertiary/aromatic N) is 3. The number of aromatic nitrogens is 2. The predicted octanol–water partition coefficient (Wildman–Crippen LogP) is 2.61. The lowest BCUT2D eigenvalue weighted by Crippen LogP contribution is -2.23. The molecule has 0 aliphatic carbocycles. The van der Waals surface area contributed by atoms with E-state index in [2.05, 4.69) is 5.10 Å². The zero-order valence-electron chi connectivity index (χ0n) is 11.5. The highest BCUT2D eigenvalue weighted by Crippen LogP contribution is 2.20. The molecule has 112 valence electrons. The van der Waals surface area contributed by atoms with E-state index in [1.54, 1.807) is 36.4 Å². The topological polar surface area (TPSA) is 96.0 Å². The summed E-state index contributed by atoms with van der Waals surface area (Å²) in [7, 11) is 0. The van der Waals surface area contributed by atoms with Gasteiger partial charge in [0.05, 0.1) is 28.2 Å². The van der Waals surface area contributed by atoms with Gasteiger partial charge in [-0.3, -0.25) is 4.79 Å². The van der Waals surface area contributed by atoms with Crippen LogP contribution in [0.5, 0.6) is 0 Å². The van der Waals surface area contributed by atoms with Crippen LogP contribution >= 0.6 is 11.6 Å². The summed E-state index contributed by atoms with van der Waals surface area (Å²) < 4.78 is 1.32. The fraction of sp³-hybridized carbons (Fsp3) is 0. The number of fused-ring (bicyclic) bond motifs is 1. The Morgan fingerprint density at radius 1 is 1.22 bits per heavy atom. The van der Waals surface area contributed by atoms with Crippen LogP contribution in [0.15, 0.2) is 47.3 Å². The largest absolute Gasteiger partial charge is 0.476 e. The number of benzene rings is 2. The standard InChI is InChI=1S/C16H8ClN3O3/c17-10-4-6-11(7-5-10)20-12-3-1-2-9(8-18)13(12)15(21)14(19-20)16(22)23/h1-7H,(H,22,23). The number of hydrogen-bond acceptors (Lipinski definition) is 4. The van der Waals surface area contributed by atoms with Crippen molar-refractivity contribution in [2.45, 2.75) is 0 Å². The highest BCUT2D eigenvalue weighted by Gasteiger charge is 2.19. The molecule has 0 aliphatic rings. The Kier molecular flexibility index (Phi) is 3.56. The van der Waals surface area contributed by atoms with E-state index in [-0.39, 0.29) is 10.9 Å². The Morgan fingerprint density at radius 2 is 1.91 bits per heavy atom. The quantitative estimate of drug-likeness (QED) is 0.781. The summed E-state index contributed by atoms with van der Waals surface area (Å²) in [6.45, 7) is 0. The molecule has 0 bridgehead atoms. The van der Waals surface area contributed by atoms with E-state index in [0.29, 0.717) is 16.2 Å². The van der Waals surface area contributed by atoms with E-state index < -0.39 is 17.1 Å². The third-order valence-electron chi connectivity index (χ3n) is 3.31. The first kappa shape index (κ1) is 14.8. The number of carboxylic acids is 1. The van der Waals surface area contributed by atoms with Gasteiger partial charge in [0.15, 0.2) is 0 Å². The van der Waals surface area contributed by atoms with Crippen LogP contribution < -0.4 is 5.43 Å². The summed E-state index contributed by atoms with van der Waals surface area (Å²) in [5.41, 5.74) is -0.455. The zero-order chi connectivity index (χ0) is 16.6. The van der Waals surface area contributed by atoms with Gasteiger partial charge in [0.2, 0.25) is 11.1 Å². The highest BCUT2D eigenvalue weighted by atomic mass is 35.5. The lowest BCUT2D eigenvalue weighted by molar-refractivity contribution is 0.0687. The second-order valence-electron chi connectivity index (χ2n) is 4.68. The summed E-state index contributed by atoms with van der Waals surface area (Å²) in [6, 6.07) is 13.1. The Labute approximate surface area is 134 Å². The number of halogens is 1. The van der Waals surface area contributed by atoms with Crippen LogP contribution in [0.1, 0.15) is 16.1 Å². The molecule has 0 spiro atoms. The van der Waals surface area contributed by atoms with Gasteiger partial charge in [-0.1, -0.05) is 17.7 Å². The molecular formula is C16H8ClN3O3. The molecule has 7 heteroatoms. The van der Waals surface area contributed by atoms with Crippen molar-refractivity contribution in [1.82, 2.24) is 9.78 Å². The summed E-state index contributed by atoms with van der Waals surface area (Å²) in [6.07, 6.45) is 0. The van der Waals surface area contributed by atoms with Gasteiger partial charge in [0, 0.05) is 5.02 Å². The van der Waals surface area contributed by atoms with Crippen LogP contribution in [0.2, 0.25) is 5.02 Å². The molecule has 3 aromatic rings. The lowest BCUT2D eigenvalue weighted by Gasteiger charge is -2.11. The molecule has 0 saturated carbocycles. The summed E-state index contributed by atoms with van der Waals surface area (Å²) in [5.74, 6) is -1.45. The van der Waals surface area contributed by atoms with E-state index in [0.717, 1.165) is 0 Å². The molecule has 2 aromatic carbocycles. The molecule has 0 saturated heterocycles. The van der Waals surface area contributed by atoms with Gasteiger partial charge in [-0.05, 0) is 36.4 Å². The molecule has 1 aromatic heterocycles. The normalized spacial score (nSPS) is 10.4. The van der Waals surface area contributed by atoms with Crippen molar-refractivity contribution in [2.75, 3.05) is 0 Å². The Balaban J connectivity index is 2.49. The van der Waals surface area contributed by atoms with E-state index in [9.17, 15) is 20.0 Å². The Hall–Kier alpha value is -3.17. The van der Waals surface area contributed by atoms with Crippen LogP contribution in [-0.2, 0) is 0 Å². The molecule has 3 rings (SSSR count). The van der Waals surface area contributed by atoms with Gasteiger partial charge in [-0.25, -0.2) is 9.48 Å². The fourth-order valence-corrected chi connectivity index (χ4v) is 2.41. The minimum Gasteiger partial charge on any atom is -0.476 e. The molecule has 0 atom stereocenters. The van der Waals surface area contributed by atoms with E-state index >= 15 is 0 Å². The molecule has 0 unspecified atom stereocenters. The van der Waals surface area contributed by atoms with Crippen LogP contribution in [0.4, 0.5) is 0 Å². The van der Waals surface area contributed by atoms with Crippen LogP contribution in [0, 0.1) is 11.3 Å². The smallest absolute Gasteiger partial charge is 0.360 e. The molecular weight excluding hydrogens is 318 g/mol. The van der Waals surface area contributed by atoms with Crippen molar-refractivity contribution in [1.29, 1.82) is 5.26 Å². The maximum absolute atomic E-state index is 12.4. The zero-order valence-corrected chi connectivity index (χ0v) is 12.3. The van der Waals surface area contributed by atoms with Gasteiger partial charge < -0.3 is 5.11 Å². The summed E-state index contributed by atoms with van der Waals surface area (Å²) in [5, 5.41) is 22.9. The Morgan fingerprint density at radius 3 is 2.52 bits per heavy atom. The average Bonchev–Trinajstić information content (AvgIpc) is 2.55. The van der Waals surface area contributed by atoms with Gasteiger partial charge in [0.25, 0.3) is 0 Å². The molecule has 0 fully saturated rings. The minimum atomic E-state index is -1.45. The minimum absolute atomic E-state index is 0.0253. The second-order valence-corrected chi connectivity index (χ2v) is 5.12. The summed E-state index contributed by atoms with van der Waals surface area (Å²) in [4.78, 5) is 23.7.